The standard InChI is InChI=1S/C54H33NOS/c1-2-14-36-33-51-48(31-35(36)13-1)45-22-11-21-44(53(45)56-51)42-19-7-9-24-49(42)55(50-25-12-23-46-43-20-8-10-26-52(43)57-54(46)50)38-29-27-34(28-30-38)47-32-37-15-3-4-16-39(37)40-17-5-6-18-41(40)47/h1-33H. The van der Waals surface area contributed by atoms with Crippen LogP contribution in [-0.4, -0.2) is 0 Å². The normalized spacial score (nSPS) is 11.9. The molecule has 266 valence electrons. The molecule has 12 aromatic rings. The number of hydrogen-bond acceptors (Lipinski definition) is 3. The van der Waals surface area contributed by atoms with Crippen molar-refractivity contribution in [3.63, 3.8) is 0 Å². The molecule has 0 N–H and O–H groups in total. The van der Waals surface area contributed by atoms with E-state index in [1.165, 1.54) is 63.6 Å². The molecule has 0 aliphatic carbocycles. The van der Waals surface area contributed by atoms with E-state index in [2.05, 4.69) is 205 Å². The van der Waals surface area contributed by atoms with E-state index >= 15 is 0 Å². The van der Waals surface area contributed by atoms with Crippen molar-refractivity contribution in [2.75, 3.05) is 4.90 Å². The van der Waals surface area contributed by atoms with Gasteiger partial charge in [-0.05, 0) is 92.0 Å². The number of furan rings is 1. The summed E-state index contributed by atoms with van der Waals surface area (Å²) in [4.78, 5) is 2.45. The molecule has 0 bridgehead atoms. The van der Waals surface area contributed by atoms with Crippen molar-refractivity contribution in [2.24, 2.45) is 0 Å². The number of fused-ring (bicyclic) bond motifs is 10. The first-order chi connectivity index (χ1) is 28.3. The maximum absolute atomic E-state index is 6.82. The zero-order chi connectivity index (χ0) is 37.5. The van der Waals surface area contributed by atoms with Gasteiger partial charge in [-0.25, -0.2) is 0 Å². The first kappa shape index (κ1) is 32.1. The third-order valence-electron chi connectivity index (χ3n) is 11.6. The van der Waals surface area contributed by atoms with E-state index in [1.54, 1.807) is 0 Å². The fraction of sp³-hybridized carbons (Fsp3) is 0. The van der Waals surface area contributed by atoms with Crippen LogP contribution in [0.25, 0.3) is 96.7 Å². The van der Waals surface area contributed by atoms with Crippen LogP contribution in [0.1, 0.15) is 0 Å². The Bertz CT molecular complexity index is 3540. The van der Waals surface area contributed by atoms with E-state index in [-0.39, 0.29) is 0 Å². The van der Waals surface area contributed by atoms with Crippen molar-refractivity contribution in [2.45, 2.75) is 0 Å². The van der Waals surface area contributed by atoms with Gasteiger partial charge in [0.15, 0.2) is 0 Å². The lowest BCUT2D eigenvalue weighted by Gasteiger charge is -2.28. The first-order valence-corrected chi connectivity index (χ1v) is 20.2. The minimum Gasteiger partial charge on any atom is -0.455 e. The molecule has 10 aromatic carbocycles. The zero-order valence-electron chi connectivity index (χ0n) is 30.8. The van der Waals surface area contributed by atoms with E-state index < -0.39 is 0 Å². The topological polar surface area (TPSA) is 16.4 Å². The van der Waals surface area contributed by atoms with Crippen molar-refractivity contribution in [3.05, 3.63) is 200 Å². The van der Waals surface area contributed by atoms with Crippen molar-refractivity contribution in [1.29, 1.82) is 0 Å². The Morgan fingerprint density at radius 2 is 0.982 bits per heavy atom. The van der Waals surface area contributed by atoms with Crippen LogP contribution in [0.3, 0.4) is 0 Å². The first-order valence-electron chi connectivity index (χ1n) is 19.4. The molecule has 0 radical (unpaired) electrons. The van der Waals surface area contributed by atoms with Gasteiger partial charge in [0.05, 0.1) is 16.1 Å². The van der Waals surface area contributed by atoms with Crippen LogP contribution in [0.15, 0.2) is 205 Å². The van der Waals surface area contributed by atoms with Crippen LogP contribution >= 0.6 is 11.3 Å². The van der Waals surface area contributed by atoms with E-state index in [1.807, 2.05) is 11.3 Å². The van der Waals surface area contributed by atoms with Crippen LogP contribution in [0.5, 0.6) is 0 Å². The van der Waals surface area contributed by atoms with Gasteiger partial charge in [-0.15, -0.1) is 11.3 Å². The van der Waals surface area contributed by atoms with E-state index in [0.717, 1.165) is 50.1 Å². The third kappa shape index (κ3) is 5.03. The minimum absolute atomic E-state index is 0.897. The number of para-hydroxylation sites is 2. The Hall–Kier alpha value is -7.20. The molecule has 0 saturated carbocycles. The van der Waals surface area contributed by atoms with Crippen LogP contribution in [0.2, 0.25) is 0 Å². The number of hydrogen-bond donors (Lipinski definition) is 0. The molecule has 2 heterocycles. The van der Waals surface area contributed by atoms with Gasteiger partial charge in [0.25, 0.3) is 0 Å². The maximum atomic E-state index is 6.82. The number of rotatable bonds is 5. The summed E-state index contributed by atoms with van der Waals surface area (Å²) < 4.78 is 9.36. The highest BCUT2D eigenvalue weighted by molar-refractivity contribution is 7.26. The van der Waals surface area contributed by atoms with Gasteiger partial charge < -0.3 is 9.32 Å². The number of anilines is 3. The molecule has 0 unspecified atom stereocenters. The molecule has 2 nitrogen and oxygen atoms in total. The average Bonchev–Trinajstić information content (AvgIpc) is 3.84. The van der Waals surface area contributed by atoms with E-state index in [9.17, 15) is 0 Å². The fourth-order valence-corrected chi connectivity index (χ4v) is 10.2. The smallest absolute Gasteiger partial charge is 0.143 e. The molecule has 0 atom stereocenters. The number of benzene rings is 10. The second-order valence-electron chi connectivity index (χ2n) is 14.8. The van der Waals surface area contributed by atoms with Gasteiger partial charge in [-0.3, -0.25) is 0 Å². The summed E-state index contributed by atoms with van der Waals surface area (Å²) in [6.07, 6.45) is 0. The fourth-order valence-electron chi connectivity index (χ4n) is 8.99. The Morgan fingerprint density at radius 3 is 1.84 bits per heavy atom. The summed E-state index contributed by atoms with van der Waals surface area (Å²) in [5, 5.41) is 12.2. The highest BCUT2D eigenvalue weighted by Gasteiger charge is 2.23. The Morgan fingerprint density at radius 1 is 0.368 bits per heavy atom. The van der Waals surface area contributed by atoms with Gasteiger partial charge in [-0.1, -0.05) is 152 Å². The monoisotopic (exact) mass is 743 g/mol. The lowest BCUT2D eigenvalue weighted by Crippen LogP contribution is -2.11. The largest absolute Gasteiger partial charge is 0.455 e. The van der Waals surface area contributed by atoms with Gasteiger partial charge in [0, 0.05) is 43.1 Å². The highest BCUT2D eigenvalue weighted by atomic mass is 32.1. The molecule has 0 aliphatic heterocycles. The summed E-state index contributed by atoms with van der Waals surface area (Å²) >= 11 is 1.86. The third-order valence-corrected chi connectivity index (χ3v) is 12.8. The lowest BCUT2D eigenvalue weighted by molar-refractivity contribution is 0.670. The van der Waals surface area contributed by atoms with E-state index in [0.29, 0.717) is 0 Å². The van der Waals surface area contributed by atoms with Gasteiger partial charge in [-0.2, -0.15) is 0 Å². The second kappa shape index (κ2) is 12.7. The van der Waals surface area contributed by atoms with Gasteiger partial charge in [0.2, 0.25) is 0 Å². The van der Waals surface area contributed by atoms with E-state index in [4.69, 9.17) is 4.42 Å². The summed E-state index contributed by atoms with van der Waals surface area (Å²) in [6, 6.07) is 72.7. The molecule has 0 spiro atoms. The van der Waals surface area contributed by atoms with Gasteiger partial charge in [0.1, 0.15) is 11.2 Å². The molecule has 0 aliphatic rings. The summed E-state index contributed by atoms with van der Waals surface area (Å²) in [6.45, 7) is 0. The van der Waals surface area contributed by atoms with Crippen molar-refractivity contribution >= 4 is 103 Å². The Labute approximate surface area is 333 Å². The quantitative estimate of drug-likeness (QED) is 0.163. The molecule has 57 heavy (non-hydrogen) atoms. The maximum Gasteiger partial charge on any atom is 0.143 e. The van der Waals surface area contributed by atoms with Crippen molar-refractivity contribution in [3.8, 4) is 22.3 Å². The molecule has 3 heteroatoms. The molecule has 12 rings (SSSR count). The lowest BCUT2D eigenvalue weighted by atomic mass is 9.93. The average molecular weight is 744 g/mol. The second-order valence-corrected chi connectivity index (χ2v) is 15.9. The predicted octanol–water partition coefficient (Wildman–Crippen LogP) is 16.2. The zero-order valence-corrected chi connectivity index (χ0v) is 31.6. The highest BCUT2D eigenvalue weighted by Crippen LogP contribution is 2.49. The molecule has 0 fully saturated rings. The summed E-state index contributed by atoms with van der Waals surface area (Å²) in [5.74, 6) is 0. The minimum atomic E-state index is 0.897. The number of thiophene rings is 1. The summed E-state index contributed by atoms with van der Waals surface area (Å²) in [5.41, 5.74) is 9.71. The van der Waals surface area contributed by atoms with Crippen LogP contribution < -0.4 is 4.90 Å². The Balaban J connectivity index is 1.08. The molecule has 2 aromatic heterocycles. The summed E-state index contributed by atoms with van der Waals surface area (Å²) in [7, 11) is 0. The Kier molecular flexibility index (Phi) is 7.13. The molecule has 0 saturated heterocycles. The van der Waals surface area contributed by atoms with Crippen LogP contribution in [-0.2, 0) is 0 Å². The van der Waals surface area contributed by atoms with Crippen molar-refractivity contribution < 1.29 is 4.42 Å². The predicted molar refractivity (Wildman–Crippen MR) is 245 cm³/mol. The SMILES string of the molecule is c1ccc(N(c2ccc(-c3cc4ccccc4c4ccccc34)cc2)c2cccc3c2sc2ccccc23)c(-c2cccc3c2oc2cc4ccccc4cc23)c1. The molecule has 0 amide bonds. The van der Waals surface area contributed by atoms with Crippen LogP contribution in [0, 0.1) is 0 Å². The molecular weight excluding hydrogens is 711 g/mol. The van der Waals surface area contributed by atoms with Crippen LogP contribution in [0.4, 0.5) is 17.1 Å². The van der Waals surface area contributed by atoms with Crippen molar-refractivity contribution in [1.82, 2.24) is 0 Å². The number of nitrogens with zero attached hydrogens (tertiary/aromatic N) is 1. The van der Waals surface area contributed by atoms with Gasteiger partial charge >= 0.3 is 0 Å². The molecular formula is C54H33NOS.